The van der Waals surface area contributed by atoms with E-state index >= 15 is 0 Å². The van der Waals surface area contributed by atoms with Crippen LogP contribution in [0.3, 0.4) is 0 Å². The van der Waals surface area contributed by atoms with Crippen LogP contribution in [0.4, 0.5) is 5.82 Å². The van der Waals surface area contributed by atoms with Crippen LogP contribution in [0.2, 0.25) is 0 Å². The molecule has 0 bridgehead atoms. The summed E-state index contributed by atoms with van der Waals surface area (Å²) in [6.45, 7) is 1.99. The molecule has 0 atom stereocenters. The monoisotopic (exact) mass is 222 g/mol. The van der Waals surface area contributed by atoms with Gasteiger partial charge in [-0.3, -0.25) is 0 Å². The Morgan fingerprint density at radius 2 is 2.25 bits per heavy atom. The van der Waals surface area contributed by atoms with Crippen LogP contribution in [-0.4, -0.2) is 36.2 Å². The molecule has 1 aromatic heterocycles. The van der Waals surface area contributed by atoms with Gasteiger partial charge in [0, 0.05) is 18.7 Å². The minimum absolute atomic E-state index is 0.591. The zero-order valence-corrected chi connectivity index (χ0v) is 9.57. The lowest BCUT2D eigenvalue weighted by atomic mass is 10.4. The Morgan fingerprint density at radius 1 is 1.38 bits per heavy atom. The Morgan fingerprint density at radius 3 is 3.00 bits per heavy atom. The van der Waals surface area contributed by atoms with Crippen LogP contribution in [0.15, 0.2) is 12.4 Å². The fraction of sp³-hybridized carbons (Fsp3) is 0.636. The van der Waals surface area contributed by atoms with E-state index in [2.05, 4.69) is 20.6 Å². The van der Waals surface area contributed by atoms with E-state index in [0.717, 1.165) is 31.4 Å². The smallest absolute Gasteiger partial charge is 0.218 e. The quantitative estimate of drug-likeness (QED) is 0.675. The van der Waals surface area contributed by atoms with Crippen molar-refractivity contribution in [3.8, 4) is 5.88 Å². The number of aromatic nitrogens is 2. The first-order chi connectivity index (χ1) is 7.88. The second kappa shape index (κ2) is 5.65. The van der Waals surface area contributed by atoms with Gasteiger partial charge in [-0.2, -0.15) is 0 Å². The van der Waals surface area contributed by atoms with Crippen LogP contribution in [0, 0.1) is 0 Å². The van der Waals surface area contributed by atoms with Gasteiger partial charge in [0.05, 0.1) is 7.11 Å². The normalized spacial score (nSPS) is 14.8. The molecule has 1 saturated carbocycles. The summed E-state index contributed by atoms with van der Waals surface area (Å²) in [4.78, 5) is 8.06. The van der Waals surface area contributed by atoms with Crippen LogP contribution in [0.5, 0.6) is 5.88 Å². The molecule has 1 aliphatic carbocycles. The fourth-order valence-corrected chi connectivity index (χ4v) is 1.45. The molecule has 2 rings (SSSR count). The van der Waals surface area contributed by atoms with E-state index < -0.39 is 0 Å². The van der Waals surface area contributed by atoms with Crippen molar-refractivity contribution in [2.45, 2.75) is 25.3 Å². The summed E-state index contributed by atoms with van der Waals surface area (Å²) in [5.74, 6) is 1.41. The second-order valence-corrected chi connectivity index (χ2v) is 3.95. The van der Waals surface area contributed by atoms with Crippen molar-refractivity contribution in [1.29, 1.82) is 0 Å². The number of methoxy groups -OCH3 is 1. The molecule has 0 radical (unpaired) electrons. The fourth-order valence-electron chi connectivity index (χ4n) is 1.45. The van der Waals surface area contributed by atoms with Crippen LogP contribution < -0.4 is 15.4 Å². The Bertz CT molecular complexity index is 328. The lowest BCUT2D eigenvalue weighted by molar-refractivity contribution is 0.397. The first kappa shape index (κ1) is 11.1. The van der Waals surface area contributed by atoms with E-state index in [9.17, 15) is 0 Å². The number of ether oxygens (including phenoxy) is 1. The zero-order valence-electron chi connectivity index (χ0n) is 9.57. The third-order valence-electron chi connectivity index (χ3n) is 2.52. The molecular formula is C11H18N4O. The average Bonchev–Trinajstić information content (AvgIpc) is 3.13. The minimum atomic E-state index is 0.591. The maximum absolute atomic E-state index is 5.02. The molecule has 1 aromatic rings. The van der Waals surface area contributed by atoms with Gasteiger partial charge in [-0.25, -0.2) is 9.97 Å². The van der Waals surface area contributed by atoms with Crippen LogP contribution >= 0.6 is 0 Å². The number of hydrogen-bond acceptors (Lipinski definition) is 5. The summed E-state index contributed by atoms with van der Waals surface area (Å²) < 4.78 is 5.02. The molecule has 1 heterocycles. The number of rotatable bonds is 7. The lowest BCUT2D eigenvalue weighted by Gasteiger charge is -2.06. The van der Waals surface area contributed by atoms with Crippen molar-refractivity contribution >= 4 is 5.82 Å². The zero-order chi connectivity index (χ0) is 11.2. The van der Waals surface area contributed by atoms with E-state index in [-0.39, 0.29) is 0 Å². The maximum Gasteiger partial charge on any atom is 0.218 e. The van der Waals surface area contributed by atoms with Crippen molar-refractivity contribution < 1.29 is 4.74 Å². The van der Waals surface area contributed by atoms with Crippen LogP contribution in [0.1, 0.15) is 19.3 Å². The molecule has 16 heavy (non-hydrogen) atoms. The highest BCUT2D eigenvalue weighted by Crippen LogP contribution is 2.18. The number of nitrogens with one attached hydrogen (secondary N) is 2. The molecule has 1 fully saturated rings. The van der Waals surface area contributed by atoms with Gasteiger partial charge in [0.15, 0.2) is 0 Å². The standard InChI is InChI=1S/C11H18N4O/c1-16-11-7-10(14-8-15-11)13-6-2-5-12-9-3-4-9/h7-9,12H,2-6H2,1H3,(H,13,14,15). The van der Waals surface area contributed by atoms with Gasteiger partial charge in [-0.05, 0) is 25.8 Å². The van der Waals surface area contributed by atoms with Gasteiger partial charge in [-0.1, -0.05) is 0 Å². The van der Waals surface area contributed by atoms with Crippen molar-refractivity contribution in [3.05, 3.63) is 12.4 Å². The van der Waals surface area contributed by atoms with E-state index in [0.29, 0.717) is 5.88 Å². The highest BCUT2D eigenvalue weighted by molar-refractivity contribution is 5.36. The van der Waals surface area contributed by atoms with Gasteiger partial charge in [0.2, 0.25) is 5.88 Å². The predicted octanol–water partition coefficient (Wildman–Crippen LogP) is 1.04. The van der Waals surface area contributed by atoms with Gasteiger partial charge in [-0.15, -0.1) is 0 Å². The van der Waals surface area contributed by atoms with Crippen LogP contribution in [0.25, 0.3) is 0 Å². The Hall–Kier alpha value is -1.36. The molecule has 0 saturated heterocycles. The Balaban J connectivity index is 1.63. The van der Waals surface area contributed by atoms with Gasteiger partial charge >= 0.3 is 0 Å². The van der Waals surface area contributed by atoms with Crippen molar-refractivity contribution in [2.75, 3.05) is 25.5 Å². The van der Waals surface area contributed by atoms with Crippen molar-refractivity contribution in [2.24, 2.45) is 0 Å². The molecule has 2 N–H and O–H groups in total. The highest BCUT2D eigenvalue weighted by Gasteiger charge is 2.19. The van der Waals surface area contributed by atoms with Gasteiger partial charge in [0.1, 0.15) is 12.1 Å². The number of nitrogens with zero attached hydrogens (tertiary/aromatic N) is 2. The van der Waals surface area contributed by atoms with E-state index in [1.165, 1.54) is 19.2 Å². The lowest BCUT2D eigenvalue weighted by Crippen LogP contribution is -2.20. The SMILES string of the molecule is COc1cc(NCCCNC2CC2)ncn1. The van der Waals surface area contributed by atoms with Gasteiger partial charge < -0.3 is 15.4 Å². The number of hydrogen-bond donors (Lipinski definition) is 2. The Kier molecular flexibility index (Phi) is 3.93. The molecule has 0 aliphatic heterocycles. The first-order valence-electron chi connectivity index (χ1n) is 5.72. The summed E-state index contributed by atoms with van der Waals surface area (Å²) in [6.07, 6.45) is 5.29. The summed E-state index contributed by atoms with van der Waals surface area (Å²) in [5, 5.41) is 6.71. The molecule has 0 aromatic carbocycles. The molecule has 0 spiro atoms. The highest BCUT2D eigenvalue weighted by atomic mass is 16.5. The number of anilines is 1. The summed E-state index contributed by atoms with van der Waals surface area (Å²) >= 11 is 0. The molecule has 5 heteroatoms. The topological polar surface area (TPSA) is 59.1 Å². The molecule has 5 nitrogen and oxygen atoms in total. The summed E-state index contributed by atoms with van der Waals surface area (Å²) in [6, 6.07) is 2.59. The minimum Gasteiger partial charge on any atom is -0.481 e. The van der Waals surface area contributed by atoms with E-state index in [1.807, 2.05) is 0 Å². The first-order valence-corrected chi connectivity index (χ1v) is 5.72. The van der Waals surface area contributed by atoms with Crippen LogP contribution in [-0.2, 0) is 0 Å². The average molecular weight is 222 g/mol. The predicted molar refractivity (Wildman–Crippen MR) is 62.7 cm³/mol. The molecular weight excluding hydrogens is 204 g/mol. The maximum atomic E-state index is 5.02. The third-order valence-corrected chi connectivity index (χ3v) is 2.52. The molecule has 0 unspecified atom stereocenters. The summed E-state index contributed by atoms with van der Waals surface area (Å²) in [5.41, 5.74) is 0. The molecule has 1 aliphatic rings. The van der Waals surface area contributed by atoms with Crippen molar-refractivity contribution in [3.63, 3.8) is 0 Å². The largest absolute Gasteiger partial charge is 0.481 e. The summed E-state index contributed by atoms with van der Waals surface area (Å²) in [7, 11) is 1.60. The second-order valence-electron chi connectivity index (χ2n) is 3.95. The van der Waals surface area contributed by atoms with Gasteiger partial charge in [0.25, 0.3) is 0 Å². The Labute approximate surface area is 95.6 Å². The van der Waals surface area contributed by atoms with Crippen molar-refractivity contribution in [1.82, 2.24) is 15.3 Å². The van der Waals surface area contributed by atoms with E-state index in [1.54, 1.807) is 13.2 Å². The molecule has 88 valence electrons. The van der Waals surface area contributed by atoms with E-state index in [4.69, 9.17) is 4.74 Å². The third kappa shape index (κ3) is 3.66. The molecule has 0 amide bonds.